The Bertz CT molecular complexity index is 572. The van der Waals surface area contributed by atoms with Crippen LogP contribution in [0.2, 0.25) is 5.02 Å². The van der Waals surface area contributed by atoms with E-state index in [0.29, 0.717) is 11.7 Å². The van der Waals surface area contributed by atoms with Gasteiger partial charge in [-0.3, -0.25) is 4.98 Å². The molecule has 2 rings (SSSR count). The molecule has 0 saturated heterocycles. The van der Waals surface area contributed by atoms with Crippen molar-refractivity contribution in [3.63, 3.8) is 0 Å². The molecule has 0 bridgehead atoms. The van der Waals surface area contributed by atoms with Gasteiger partial charge in [0.15, 0.2) is 5.11 Å². The molecule has 5 heteroatoms. The third-order valence-electron chi connectivity index (χ3n) is 2.72. The fraction of sp³-hybridized carbons (Fsp3) is 0.143. The molecule has 0 radical (unpaired) electrons. The fourth-order valence-electron chi connectivity index (χ4n) is 1.59. The summed E-state index contributed by atoms with van der Waals surface area (Å²) in [6, 6.07) is 9.58. The third kappa shape index (κ3) is 3.91. The molecule has 0 amide bonds. The molecule has 0 aliphatic carbocycles. The molecule has 0 aliphatic rings. The van der Waals surface area contributed by atoms with Crippen LogP contribution >= 0.6 is 23.8 Å². The van der Waals surface area contributed by atoms with Gasteiger partial charge in [-0.2, -0.15) is 0 Å². The number of benzene rings is 1. The Hall–Kier alpha value is -1.65. The highest BCUT2D eigenvalue weighted by molar-refractivity contribution is 7.80. The Balaban J connectivity index is 1.93. The first-order valence-corrected chi connectivity index (χ1v) is 6.64. The highest BCUT2D eigenvalue weighted by Gasteiger charge is 2.03. The fourth-order valence-corrected chi connectivity index (χ4v) is 1.95. The molecule has 1 aromatic heterocycles. The number of thiocarbonyl (C=S) groups is 1. The second kappa shape index (κ2) is 6.50. The zero-order chi connectivity index (χ0) is 13.7. The van der Waals surface area contributed by atoms with Crippen molar-refractivity contribution in [3.05, 3.63) is 58.9 Å². The molecule has 2 aromatic rings. The normalized spacial score (nSPS) is 10.0. The van der Waals surface area contributed by atoms with Gasteiger partial charge < -0.3 is 10.6 Å². The van der Waals surface area contributed by atoms with Crippen molar-refractivity contribution in [1.82, 2.24) is 10.3 Å². The van der Waals surface area contributed by atoms with E-state index in [1.165, 1.54) is 0 Å². The van der Waals surface area contributed by atoms with Gasteiger partial charge in [0.1, 0.15) is 0 Å². The molecule has 1 aromatic carbocycles. The lowest BCUT2D eigenvalue weighted by Crippen LogP contribution is -2.28. The molecule has 19 heavy (non-hydrogen) atoms. The van der Waals surface area contributed by atoms with E-state index < -0.39 is 0 Å². The van der Waals surface area contributed by atoms with Crippen LogP contribution in [0.5, 0.6) is 0 Å². The van der Waals surface area contributed by atoms with Crippen LogP contribution in [0.15, 0.2) is 42.7 Å². The van der Waals surface area contributed by atoms with Crippen molar-refractivity contribution >= 4 is 34.6 Å². The minimum Gasteiger partial charge on any atom is -0.358 e. The van der Waals surface area contributed by atoms with E-state index in [2.05, 4.69) is 15.6 Å². The van der Waals surface area contributed by atoms with Gasteiger partial charge >= 0.3 is 0 Å². The summed E-state index contributed by atoms with van der Waals surface area (Å²) in [5, 5.41) is 7.58. The summed E-state index contributed by atoms with van der Waals surface area (Å²) < 4.78 is 0. The van der Waals surface area contributed by atoms with Gasteiger partial charge in [0.2, 0.25) is 0 Å². The van der Waals surface area contributed by atoms with E-state index >= 15 is 0 Å². The molecule has 3 nitrogen and oxygen atoms in total. The monoisotopic (exact) mass is 291 g/mol. The topological polar surface area (TPSA) is 37.0 Å². The lowest BCUT2D eigenvalue weighted by Gasteiger charge is -2.13. The molecular formula is C14H14ClN3S. The summed E-state index contributed by atoms with van der Waals surface area (Å²) in [6.07, 6.45) is 3.52. The largest absolute Gasteiger partial charge is 0.358 e. The van der Waals surface area contributed by atoms with Crippen molar-refractivity contribution in [2.75, 3.05) is 5.32 Å². The van der Waals surface area contributed by atoms with E-state index in [-0.39, 0.29) is 0 Å². The van der Waals surface area contributed by atoms with Gasteiger partial charge in [0.25, 0.3) is 0 Å². The third-order valence-corrected chi connectivity index (χ3v) is 3.37. The number of anilines is 1. The van der Waals surface area contributed by atoms with Crippen LogP contribution in [0, 0.1) is 6.92 Å². The van der Waals surface area contributed by atoms with Crippen LogP contribution in [0.3, 0.4) is 0 Å². The SMILES string of the molecule is Cc1c(Cl)cccc1NC(=S)NCc1ccncc1. The summed E-state index contributed by atoms with van der Waals surface area (Å²) in [7, 11) is 0. The summed E-state index contributed by atoms with van der Waals surface area (Å²) in [4.78, 5) is 3.97. The Morgan fingerprint density at radius 1 is 1.26 bits per heavy atom. The molecule has 0 fully saturated rings. The highest BCUT2D eigenvalue weighted by Crippen LogP contribution is 2.22. The van der Waals surface area contributed by atoms with Crippen LogP contribution in [-0.4, -0.2) is 10.1 Å². The molecule has 1 heterocycles. The second-order valence-corrected chi connectivity index (χ2v) is 4.89. The van der Waals surface area contributed by atoms with Crippen LogP contribution in [0.1, 0.15) is 11.1 Å². The number of hydrogen-bond donors (Lipinski definition) is 2. The quantitative estimate of drug-likeness (QED) is 0.848. The van der Waals surface area contributed by atoms with Crippen molar-refractivity contribution in [2.24, 2.45) is 0 Å². The molecule has 0 atom stereocenters. The molecule has 0 aliphatic heterocycles. The minimum absolute atomic E-state index is 0.571. The molecule has 0 unspecified atom stereocenters. The lowest BCUT2D eigenvalue weighted by atomic mass is 10.2. The standard InChI is InChI=1S/C14H14ClN3S/c1-10-12(15)3-2-4-13(10)18-14(19)17-9-11-5-7-16-8-6-11/h2-8H,9H2,1H3,(H2,17,18,19). The number of nitrogens with one attached hydrogen (secondary N) is 2. The summed E-state index contributed by atoms with van der Waals surface area (Å²) >= 11 is 11.3. The predicted molar refractivity (Wildman–Crippen MR) is 83.5 cm³/mol. The number of rotatable bonds is 3. The van der Waals surface area contributed by atoms with E-state index in [1.54, 1.807) is 12.4 Å². The predicted octanol–water partition coefficient (Wildman–Crippen LogP) is 3.53. The maximum absolute atomic E-state index is 6.06. The summed E-state index contributed by atoms with van der Waals surface area (Å²) in [6.45, 7) is 2.62. The summed E-state index contributed by atoms with van der Waals surface area (Å²) in [5.74, 6) is 0. The average Bonchev–Trinajstić information content (AvgIpc) is 2.43. The average molecular weight is 292 g/mol. The smallest absolute Gasteiger partial charge is 0.171 e. The van der Waals surface area contributed by atoms with E-state index in [0.717, 1.165) is 21.8 Å². The minimum atomic E-state index is 0.571. The zero-order valence-electron chi connectivity index (χ0n) is 10.5. The molecule has 2 N–H and O–H groups in total. The van der Waals surface area contributed by atoms with Crippen LogP contribution in [-0.2, 0) is 6.54 Å². The molecular weight excluding hydrogens is 278 g/mol. The Morgan fingerprint density at radius 3 is 2.74 bits per heavy atom. The maximum atomic E-state index is 6.06. The Morgan fingerprint density at radius 2 is 2.00 bits per heavy atom. The van der Waals surface area contributed by atoms with Gasteiger partial charge in [-0.1, -0.05) is 17.7 Å². The van der Waals surface area contributed by atoms with Gasteiger partial charge in [0.05, 0.1) is 0 Å². The van der Waals surface area contributed by atoms with Crippen molar-refractivity contribution in [1.29, 1.82) is 0 Å². The number of hydrogen-bond acceptors (Lipinski definition) is 2. The first-order valence-electron chi connectivity index (χ1n) is 5.85. The first-order chi connectivity index (χ1) is 9.16. The highest BCUT2D eigenvalue weighted by atomic mass is 35.5. The van der Waals surface area contributed by atoms with Crippen molar-refractivity contribution in [2.45, 2.75) is 13.5 Å². The van der Waals surface area contributed by atoms with Crippen molar-refractivity contribution < 1.29 is 0 Å². The van der Waals surface area contributed by atoms with Gasteiger partial charge in [0, 0.05) is 29.6 Å². The molecule has 98 valence electrons. The molecule has 0 spiro atoms. The Kier molecular flexibility index (Phi) is 4.71. The number of aromatic nitrogens is 1. The van der Waals surface area contributed by atoms with E-state index in [9.17, 15) is 0 Å². The van der Waals surface area contributed by atoms with Gasteiger partial charge in [-0.05, 0) is 54.5 Å². The Labute approximate surface area is 123 Å². The number of halogens is 1. The van der Waals surface area contributed by atoms with Crippen LogP contribution in [0.4, 0.5) is 5.69 Å². The number of pyridine rings is 1. The zero-order valence-corrected chi connectivity index (χ0v) is 12.1. The van der Waals surface area contributed by atoms with E-state index in [1.807, 2.05) is 37.3 Å². The van der Waals surface area contributed by atoms with Crippen LogP contribution in [0.25, 0.3) is 0 Å². The maximum Gasteiger partial charge on any atom is 0.171 e. The summed E-state index contributed by atoms with van der Waals surface area (Å²) in [5.41, 5.74) is 3.03. The van der Waals surface area contributed by atoms with E-state index in [4.69, 9.17) is 23.8 Å². The van der Waals surface area contributed by atoms with Gasteiger partial charge in [-0.25, -0.2) is 0 Å². The molecule has 0 saturated carbocycles. The number of nitrogens with zero attached hydrogens (tertiary/aromatic N) is 1. The lowest BCUT2D eigenvalue weighted by molar-refractivity contribution is 0.921. The first kappa shape index (κ1) is 13.8. The van der Waals surface area contributed by atoms with Crippen molar-refractivity contribution in [3.8, 4) is 0 Å². The second-order valence-electron chi connectivity index (χ2n) is 4.08. The van der Waals surface area contributed by atoms with Crippen LogP contribution < -0.4 is 10.6 Å². The van der Waals surface area contributed by atoms with Gasteiger partial charge in [-0.15, -0.1) is 0 Å².